The Labute approximate surface area is 142 Å². The van der Waals surface area contributed by atoms with E-state index in [0.29, 0.717) is 5.01 Å². The van der Waals surface area contributed by atoms with Crippen LogP contribution in [0.2, 0.25) is 0 Å². The van der Waals surface area contributed by atoms with Crippen LogP contribution in [-0.2, 0) is 14.4 Å². The van der Waals surface area contributed by atoms with Crippen molar-refractivity contribution >= 4 is 23.9 Å². The maximum absolute atomic E-state index is 12.3. The van der Waals surface area contributed by atoms with Crippen LogP contribution in [0.15, 0.2) is 24.3 Å². The van der Waals surface area contributed by atoms with E-state index in [-0.39, 0.29) is 30.2 Å². The average Bonchev–Trinajstić information content (AvgIpc) is 2.56. The summed E-state index contributed by atoms with van der Waals surface area (Å²) in [5, 5.41) is 29.7. The van der Waals surface area contributed by atoms with Crippen LogP contribution >= 0.6 is 0 Å². The van der Waals surface area contributed by atoms with Crippen LogP contribution in [0.5, 0.6) is 5.75 Å². The lowest BCUT2D eigenvalue weighted by molar-refractivity contribution is -0.174. The number of para-hydroxylation sites is 1. The maximum Gasteiger partial charge on any atom is 0.427 e. The minimum atomic E-state index is -1.89. The van der Waals surface area contributed by atoms with Crippen molar-refractivity contribution < 1.29 is 34.5 Å². The van der Waals surface area contributed by atoms with E-state index in [1.807, 2.05) is 0 Å². The third kappa shape index (κ3) is 3.32. The number of carboxylic acids is 1. The van der Waals surface area contributed by atoms with Crippen LogP contribution in [0.25, 0.3) is 0 Å². The van der Waals surface area contributed by atoms with Crippen molar-refractivity contribution in [2.24, 2.45) is 0 Å². The molecule has 0 radical (unpaired) electrons. The molecule has 0 spiro atoms. The quantitative estimate of drug-likeness (QED) is 0.640. The topological polar surface area (TPSA) is 139 Å². The predicted molar refractivity (Wildman–Crippen MR) is 82.3 cm³/mol. The number of phenolic OH excluding ortho intramolecular Hbond substituents is 1. The fourth-order valence-corrected chi connectivity index (χ4v) is 2.61. The molecule has 1 fully saturated rings. The highest BCUT2D eigenvalue weighted by atomic mass is 16.4. The molecule has 1 atom stereocenters. The Balaban J connectivity index is 2.47. The van der Waals surface area contributed by atoms with Crippen molar-refractivity contribution in [3.63, 3.8) is 0 Å². The fraction of sp³-hybridized carbons (Fsp3) is 0.333. The molecule has 10 heteroatoms. The summed E-state index contributed by atoms with van der Waals surface area (Å²) >= 11 is 0. The highest BCUT2D eigenvalue weighted by Crippen LogP contribution is 2.30. The zero-order chi connectivity index (χ0) is 18.7. The summed E-state index contributed by atoms with van der Waals surface area (Å²) in [4.78, 5) is 48.9. The van der Waals surface area contributed by atoms with Gasteiger partial charge in [-0.2, -0.15) is 5.01 Å². The number of aliphatic carboxylic acids is 1. The van der Waals surface area contributed by atoms with E-state index in [4.69, 9.17) is 0 Å². The summed E-state index contributed by atoms with van der Waals surface area (Å²) in [5.74, 6) is -4.09. The number of benzene rings is 1. The second kappa shape index (κ2) is 7.07. The van der Waals surface area contributed by atoms with Gasteiger partial charge in [-0.05, 0) is 13.0 Å². The Kier molecular flexibility index (Phi) is 5.11. The van der Waals surface area contributed by atoms with Crippen LogP contribution < -0.4 is 0 Å². The highest BCUT2D eigenvalue weighted by Gasteiger charge is 2.43. The van der Waals surface area contributed by atoms with Gasteiger partial charge in [0.1, 0.15) is 5.75 Å². The molecule has 2 rings (SSSR count). The summed E-state index contributed by atoms with van der Waals surface area (Å²) in [6, 6.07) is 3.42. The number of piperazine rings is 1. The van der Waals surface area contributed by atoms with Gasteiger partial charge in [0.2, 0.25) is 0 Å². The number of hydrogen-bond acceptors (Lipinski definition) is 5. The highest BCUT2D eigenvalue weighted by molar-refractivity contribution is 6.35. The van der Waals surface area contributed by atoms with E-state index in [1.54, 1.807) is 6.92 Å². The summed E-state index contributed by atoms with van der Waals surface area (Å²) in [6.45, 7) is 1.82. The first-order valence-corrected chi connectivity index (χ1v) is 7.43. The van der Waals surface area contributed by atoms with E-state index < -0.39 is 35.7 Å². The normalized spacial score (nSPS) is 15.9. The molecule has 1 aromatic rings. The van der Waals surface area contributed by atoms with Gasteiger partial charge >= 0.3 is 23.9 Å². The molecule has 1 saturated heterocycles. The van der Waals surface area contributed by atoms with Crippen LogP contribution in [-0.4, -0.2) is 73.7 Å². The lowest BCUT2D eigenvalue weighted by Gasteiger charge is -2.40. The molecule has 25 heavy (non-hydrogen) atoms. The van der Waals surface area contributed by atoms with E-state index >= 15 is 0 Å². The molecule has 10 nitrogen and oxygen atoms in total. The number of phenols is 1. The molecule has 0 aliphatic carbocycles. The van der Waals surface area contributed by atoms with Gasteiger partial charge in [0, 0.05) is 18.7 Å². The Bertz CT molecular complexity index is 721. The van der Waals surface area contributed by atoms with Crippen LogP contribution in [0, 0.1) is 0 Å². The minimum absolute atomic E-state index is 0.0674. The fourth-order valence-electron chi connectivity index (χ4n) is 2.61. The van der Waals surface area contributed by atoms with E-state index in [1.165, 1.54) is 29.2 Å². The lowest BCUT2D eigenvalue weighted by atomic mass is 10.1. The zero-order valence-electron chi connectivity index (χ0n) is 13.3. The van der Waals surface area contributed by atoms with Gasteiger partial charge in [0.15, 0.2) is 6.04 Å². The standard InChI is InChI=1S/C15H17N3O7/c1-2-16-7-8-17(13(21)12(16)20)18(15(24)25)11(14(22)23)9-5-3-4-6-10(9)19/h3-6,11,19H,2,7-8H2,1H3,(H,22,23)(H,24,25). The van der Waals surface area contributed by atoms with Gasteiger partial charge in [0.25, 0.3) is 0 Å². The summed E-state index contributed by atoms with van der Waals surface area (Å²) in [7, 11) is 0. The third-order valence-electron chi connectivity index (χ3n) is 3.83. The number of likely N-dealkylation sites (N-methyl/N-ethyl adjacent to an activating group) is 1. The van der Waals surface area contributed by atoms with Crippen molar-refractivity contribution in [3.05, 3.63) is 29.8 Å². The molecule has 134 valence electrons. The second-order valence-corrected chi connectivity index (χ2v) is 5.24. The van der Waals surface area contributed by atoms with E-state index in [9.17, 15) is 34.5 Å². The first-order chi connectivity index (χ1) is 11.8. The number of aromatic hydroxyl groups is 1. The number of rotatable bonds is 5. The molecular formula is C15H17N3O7. The first kappa shape index (κ1) is 18.0. The molecule has 3 N–H and O–H groups in total. The van der Waals surface area contributed by atoms with Crippen molar-refractivity contribution in [1.82, 2.24) is 14.9 Å². The summed E-state index contributed by atoms with van der Waals surface area (Å²) in [5.41, 5.74) is -0.212. The molecular weight excluding hydrogens is 334 g/mol. The van der Waals surface area contributed by atoms with Gasteiger partial charge in [-0.3, -0.25) is 9.59 Å². The van der Waals surface area contributed by atoms with Crippen LogP contribution in [0.3, 0.4) is 0 Å². The number of hydrogen-bond donors (Lipinski definition) is 3. The minimum Gasteiger partial charge on any atom is -0.508 e. The predicted octanol–water partition coefficient (Wildman–Crippen LogP) is 0.104. The monoisotopic (exact) mass is 351 g/mol. The first-order valence-electron chi connectivity index (χ1n) is 7.43. The number of amides is 3. The Morgan fingerprint density at radius 2 is 1.80 bits per heavy atom. The number of carbonyl (C=O) groups excluding carboxylic acids is 2. The van der Waals surface area contributed by atoms with Gasteiger partial charge in [-0.25, -0.2) is 14.6 Å². The molecule has 0 bridgehead atoms. The summed E-state index contributed by atoms with van der Waals surface area (Å²) in [6.07, 6.45) is -1.73. The van der Waals surface area contributed by atoms with E-state index in [0.717, 1.165) is 0 Å². The maximum atomic E-state index is 12.3. The number of carboxylic acid groups (broad SMARTS) is 2. The third-order valence-corrected chi connectivity index (χ3v) is 3.83. The summed E-state index contributed by atoms with van der Waals surface area (Å²) < 4.78 is 0. The molecule has 3 amide bonds. The average molecular weight is 351 g/mol. The molecule has 1 heterocycles. The van der Waals surface area contributed by atoms with Gasteiger partial charge in [-0.1, -0.05) is 18.2 Å². The smallest absolute Gasteiger partial charge is 0.427 e. The molecule has 1 aromatic carbocycles. The van der Waals surface area contributed by atoms with Crippen molar-refractivity contribution in [2.75, 3.05) is 19.6 Å². The Hall–Kier alpha value is -3.30. The largest absolute Gasteiger partial charge is 0.508 e. The number of nitrogens with zero attached hydrogens (tertiary/aromatic N) is 3. The molecule has 0 aromatic heterocycles. The van der Waals surface area contributed by atoms with Crippen molar-refractivity contribution in [1.29, 1.82) is 0 Å². The lowest BCUT2D eigenvalue weighted by Crippen LogP contribution is -2.62. The molecule has 1 aliphatic rings. The van der Waals surface area contributed by atoms with Crippen LogP contribution in [0.1, 0.15) is 18.5 Å². The molecule has 1 aliphatic heterocycles. The Morgan fingerprint density at radius 3 is 2.32 bits per heavy atom. The second-order valence-electron chi connectivity index (χ2n) is 5.24. The zero-order valence-corrected chi connectivity index (χ0v) is 13.3. The van der Waals surface area contributed by atoms with Crippen molar-refractivity contribution in [3.8, 4) is 5.75 Å². The number of carbonyl (C=O) groups is 4. The SMILES string of the molecule is CCN1CCN(N(C(=O)O)C(C(=O)O)c2ccccc2O)C(=O)C1=O. The van der Waals surface area contributed by atoms with Gasteiger partial charge in [-0.15, -0.1) is 0 Å². The Morgan fingerprint density at radius 1 is 1.16 bits per heavy atom. The van der Waals surface area contributed by atoms with Gasteiger partial charge in [0.05, 0.1) is 6.54 Å². The van der Waals surface area contributed by atoms with Crippen molar-refractivity contribution in [2.45, 2.75) is 13.0 Å². The van der Waals surface area contributed by atoms with Crippen LogP contribution in [0.4, 0.5) is 4.79 Å². The molecule has 1 unspecified atom stereocenters. The van der Waals surface area contributed by atoms with E-state index in [2.05, 4.69) is 0 Å². The number of hydrazine groups is 1. The molecule has 0 saturated carbocycles. The van der Waals surface area contributed by atoms with Gasteiger partial charge < -0.3 is 20.2 Å².